The Bertz CT molecular complexity index is 769. The fourth-order valence-corrected chi connectivity index (χ4v) is 2.45. The van der Waals surface area contributed by atoms with Crippen molar-refractivity contribution in [3.63, 3.8) is 0 Å². The van der Waals surface area contributed by atoms with E-state index in [1.165, 1.54) is 0 Å². The number of nitrogens with one attached hydrogen (secondary N) is 1. The molecule has 0 saturated carbocycles. The summed E-state index contributed by atoms with van der Waals surface area (Å²) in [4.78, 5) is 0. The number of anilines is 1. The summed E-state index contributed by atoms with van der Waals surface area (Å²) in [5.41, 5.74) is 2.39. The highest BCUT2D eigenvalue weighted by atomic mass is 35.5. The average Bonchev–Trinajstić information content (AvgIpc) is 2.88. The number of benzene rings is 2. The molecule has 3 aromatic rings. The lowest BCUT2D eigenvalue weighted by Crippen LogP contribution is -2.20. The Kier molecular flexibility index (Phi) is 3.90. The van der Waals surface area contributed by atoms with Crippen LogP contribution in [0, 0.1) is 0 Å². The molecule has 2 N–H and O–H groups in total. The summed E-state index contributed by atoms with van der Waals surface area (Å²) in [6.07, 6.45) is -0.609. The van der Waals surface area contributed by atoms with E-state index in [4.69, 9.17) is 20.8 Å². The van der Waals surface area contributed by atoms with Crippen LogP contribution in [0.15, 0.2) is 40.8 Å². The van der Waals surface area contributed by atoms with Crippen LogP contribution >= 0.6 is 11.6 Å². The minimum Gasteiger partial charge on any atom is -0.495 e. The Morgan fingerprint density at radius 3 is 2.81 bits per heavy atom. The molecule has 0 fully saturated rings. The quantitative estimate of drug-likeness (QED) is 0.707. The standard InChI is InChI=1S/C16H16ClNO3/c1-20-16-6-12-11-4-2-3-5-14(11)21-15(12)7-13(16)18-9-10(19)8-17/h2-7,10,18-19H,8-9H2,1H3. The molecular weight excluding hydrogens is 290 g/mol. The van der Waals surface area contributed by atoms with Gasteiger partial charge in [-0.3, -0.25) is 0 Å². The van der Waals surface area contributed by atoms with Crippen LogP contribution in [0.3, 0.4) is 0 Å². The lowest BCUT2D eigenvalue weighted by atomic mass is 10.1. The molecule has 1 heterocycles. The molecule has 0 amide bonds. The van der Waals surface area contributed by atoms with Gasteiger partial charge in [0.15, 0.2) is 0 Å². The van der Waals surface area contributed by atoms with Gasteiger partial charge in [0, 0.05) is 23.4 Å². The zero-order chi connectivity index (χ0) is 14.8. The van der Waals surface area contributed by atoms with Gasteiger partial charge in [-0.05, 0) is 12.1 Å². The SMILES string of the molecule is COc1cc2c(cc1NCC(O)CCl)oc1ccccc12. The van der Waals surface area contributed by atoms with Gasteiger partial charge in [-0.15, -0.1) is 11.6 Å². The van der Waals surface area contributed by atoms with Crippen LogP contribution in [0.25, 0.3) is 21.9 Å². The molecule has 3 rings (SSSR count). The summed E-state index contributed by atoms with van der Waals surface area (Å²) in [6, 6.07) is 11.7. The van der Waals surface area contributed by atoms with Crippen molar-refractivity contribution in [2.24, 2.45) is 0 Å². The van der Waals surface area contributed by atoms with Crippen molar-refractivity contribution in [2.45, 2.75) is 6.10 Å². The molecule has 1 aromatic heterocycles. The molecule has 0 aliphatic heterocycles. The minimum absolute atomic E-state index is 0.183. The average molecular weight is 306 g/mol. The molecule has 0 spiro atoms. The second kappa shape index (κ2) is 5.84. The van der Waals surface area contributed by atoms with Crippen LogP contribution in [-0.4, -0.2) is 30.7 Å². The minimum atomic E-state index is -0.609. The van der Waals surface area contributed by atoms with Gasteiger partial charge in [0.25, 0.3) is 0 Å². The topological polar surface area (TPSA) is 54.6 Å². The molecule has 21 heavy (non-hydrogen) atoms. The first kappa shape index (κ1) is 14.0. The van der Waals surface area contributed by atoms with Crippen LogP contribution in [0.2, 0.25) is 0 Å². The maximum atomic E-state index is 9.55. The lowest BCUT2D eigenvalue weighted by Gasteiger charge is -2.13. The number of ether oxygens (including phenoxy) is 1. The van der Waals surface area contributed by atoms with Gasteiger partial charge in [0.2, 0.25) is 0 Å². The van der Waals surface area contributed by atoms with Gasteiger partial charge in [0.05, 0.1) is 24.8 Å². The summed E-state index contributed by atoms with van der Waals surface area (Å²) >= 11 is 5.60. The van der Waals surface area contributed by atoms with Gasteiger partial charge in [-0.1, -0.05) is 18.2 Å². The molecule has 1 unspecified atom stereocenters. The van der Waals surface area contributed by atoms with Crippen LogP contribution in [-0.2, 0) is 0 Å². The second-order valence-corrected chi connectivity index (χ2v) is 5.14. The molecule has 4 nitrogen and oxygen atoms in total. The number of aliphatic hydroxyl groups is 1. The van der Waals surface area contributed by atoms with E-state index in [9.17, 15) is 5.11 Å². The zero-order valence-corrected chi connectivity index (χ0v) is 12.4. The third-order valence-electron chi connectivity index (χ3n) is 3.41. The predicted molar refractivity (Wildman–Crippen MR) is 85.5 cm³/mol. The number of aliphatic hydroxyl groups excluding tert-OH is 1. The lowest BCUT2D eigenvalue weighted by molar-refractivity contribution is 0.211. The third-order valence-corrected chi connectivity index (χ3v) is 3.76. The fourth-order valence-electron chi connectivity index (χ4n) is 2.34. The maximum Gasteiger partial charge on any atom is 0.142 e. The third kappa shape index (κ3) is 2.64. The number of rotatable bonds is 5. The Labute approximate surface area is 127 Å². The van der Waals surface area contributed by atoms with Crippen molar-refractivity contribution < 1.29 is 14.3 Å². The van der Waals surface area contributed by atoms with E-state index in [-0.39, 0.29) is 5.88 Å². The number of halogens is 1. The van der Waals surface area contributed by atoms with Crippen molar-refractivity contribution in [1.29, 1.82) is 0 Å². The molecule has 110 valence electrons. The Morgan fingerprint density at radius 1 is 1.24 bits per heavy atom. The highest BCUT2D eigenvalue weighted by Crippen LogP contribution is 2.36. The molecule has 2 aromatic carbocycles. The number of furan rings is 1. The summed E-state index contributed by atoms with van der Waals surface area (Å²) in [5, 5.41) is 14.7. The summed E-state index contributed by atoms with van der Waals surface area (Å²) in [7, 11) is 1.62. The second-order valence-electron chi connectivity index (χ2n) is 4.84. The molecule has 1 atom stereocenters. The fraction of sp³-hybridized carbons (Fsp3) is 0.250. The van der Waals surface area contributed by atoms with Crippen molar-refractivity contribution in [1.82, 2.24) is 0 Å². The van der Waals surface area contributed by atoms with Gasteiger partial charge in [-0.25, -0.2) is 0 Å². The van der Waals surface area contributed by atoms with E-state index >= 15 is 0 Å². The number of para-hydroxylation sites is 1. The highest BCUT2D eigenvalue weighted by Gasteiger charge is 2.12. The smallest absolute Gasteiger partial charge is 0.142 e. The van der Waals surface area contributed by atoms with Crippen molar-refractivity contribution in [3.05, 3.63) is 36.4 Å². The summed E-state index contributed by atoms with van der Waals surface area (Å²) < 4.78 is 11.3. The van der Waals surface area contributed by atoms with Crippen molar-refractivity contribution >= 4 is 39.2 Å². The van der Waals surface area contributed by atoms with Gasteiger partial charge in [-0.2, -0.15) is 0 Å². The highest BCUT2D eigenvalue weighted by molar-refractivity contribution is 6.18. The van der Waals surface area contributed by atoms with E-state index in [2.05, 4.69) is 5.32 Å². The Hall–Kier alpha value is -1.91. The molecule has 0 aliphatic rings. The zero-order valence-electron chi connectivity index (χ0n) is 11.6. The molecule has 5 heteroatoms. The molecular formula is C16H16ClNO3. The van der Waals surface area contributed by atoms with Crippen LogP contribution < -0.4 is 10.1 Å². The summed E-state index contributed by atoms with van der Waals surface area (Å²) in [6.45, 7) is 0.353. The Morgan fingerprint density at radius 2 is 2.05 bits per heavy atom. The Balaban J connectivity index is 2.06. The van der Waals surface area contributed by atoms with Gasteiger partial charge in [0.1, 0.15) is 16.9 Å². The van der Waals surface area contributed by atoms with Crippen LogP contribution in [0.5, 0.6) is 5.75 Å². The first-order valence-electron chi connectivity index (χ1n) is 6.70. The first-order chi connectivity index (χ1) is 10.2. The van der Waals surface area contributed by atoms with E-state index in [0.717, 1.165) is 27.6 Å². The van der Waals surface area contributed by atoms with Crippen molar-refractivity contribution in [3.8, 4) is 5.75 Å². The molecule has 0 bridgehead atoms. The van der Waals surface area contributed by atoms with E-state index in [1.54, 1.807) is 7.11 Å². The van der Waals surface area contributed by atoms with E-state index in [1.807, 2.05) is 36.4 Å². The van der Waals surface area contributed by atoms with E-state index in [0.29, 0.717) is 12.3 Å². The molecule has 0 radical (unpaired) electrons. The predicted octanol–water partition coefficient (Wildman–Crippen LogP) is 3.61. The van der Waals surface area contributed by atoms with E-state index < -0.39 is 6.10 Å². The number of hydrogen-bond acceptors (Lipinski definition) is 4. The molecule has 0 aliphatic carbocycles. The first-order valence-corrected chi connectivity index (χ1v) is 7.23. The van der Waals surface area contributed by atoms with Gasteiger partial charge < -0.3 is 19.6 Å². The van der Waals surface area contributed by atoms with Crippen LogP contribution in [0.4, 0.5) is 5.69 Å². The molecule has 0 saturated heterocycles. The number of alkyl halides is 1. The normalized spacial score (nSPS) is 12.7. The number of hydrogen-bond donors (Lipinski definition) is 2. The monoisotopic (exact) mass is 305 g/mol. The van der Waals surface area contributed by atoms with Gasteiger partial charge >= 0.3 is 0 Å². The van der Waals surface area contributed by atoms with Crippen molar-refractivity contribution in [2.75, 3.05) is 24.9 Å². The number of fused-ring (bicyclic) bond motifs is 3. The summed E-state index contributed by atoms with van der Waals surface area (Å²) in [5.74, 6) is 0.887. The number of methoxy groups -OCH3 is 1. The largest absolute Gasteiger partial charge is 0.495 e. The van der Waals surface area contributed by atoms with Crippen LogP contribution in [0.1, 0.15) is 0 Å². The maximum absolute atomic E-state index is 9.55.